The second-order valence-corrected chi connectivity index (χ2v) is 7.13. The zero-order chi connectivity index (χ0) is 15.3. The summed E-state index contributed by atoms with van der Waals surface area (Å²) in [6.07, 6.45) is 0. The molecule has 0 bridgehead atoms. The van der Waals surface area contributed by atoms with Crippen molar-refractivity contribution in [2.75, 3.05) is 0 Å². The first-order chi connectivity index (χ1) is 10.5. The van der Waals surface area contributed by atoms with Gasteiger partial charge in [0.2, 0.25) is 10.0 Å². The molecule has 0 saturated heterocycles. The van der Waals surface area contributed by atoms with E-state index in [0.717, 1.165) is 11.1 Å². The monoisotopic (exact) mass is 316 g/mol. The summed E-state index contributed by atoms with van der Waals surface area (Å²) in [5.41, 5.74) is 2.60. The molecule has 1 aliphatic rings. The number of rotatable bonds is 2. The number of fused-ring (bicyclic) bond motifs is 2. The highest BCUT2D eigenvalue weighted by Crippen LogP contribution is 2.31. The molecule has 7 heteroatoms. The molecule has 6 nitrogen and oxygen atoms in total. The number of aromatic nitrogens is 1. The minimum atomic E-state index is -3.46. The Balaban J connectivity index is 1.70. The molecule has 2 aromatic carbocycles. The molecular formula is C15H12N2O4S. The lowest BCUT2D eigenvalue weighted by Gasteiger charge is -2.14. The standard InChI is InChI=1S/C15H12N2O4S/c18-15-16-12-6-5-10(7-13(12)21-15)8-17-9-11-3-1-2-4-14(11)22(17,19)20/h1-7H,8-9H2,(H,16,18). The van der Waals surface area contributed by atoms with E-state index in [4.69, 9.17) is 4.42 Å². The highest BCUT2D eigenvalue weighted by molar-refractivity contribution is 7.89. The zero-order valence-electron chi connectivity index (χ0n) is 11.4. The molecule has 1 N–H and O–H groups in total. The Morgan fingerprint density at radius 2 is 2.00 bits per heavy atom. The number of nitrogens with zero attached hydrogens (tertiary/aromatic N) is 1. The summed E-state index contributed by atoms with van der Waals surface area (Å²) in [5, 5.41) is 0. The maximum Gasteiger partial charge on any atom is 0.417 e. The molecular weight excluding hydrogens is 304 g/mol. The van der Waals surface area contributed by atoms with Crippen molar-refractivity contribution in [1.82, 2.24) is 9.29 Å². The fraction of sp³-hybridized carbons (Fsp3) is 0.133. The maximum atomic E-state index is 12.5. The smallest absolute Gasteiger partial charge is 0.408 e. The fourth-order valence-corrected chi connectivity index (χ4v) is 4.35. The number of oxazole rings is 1. The number of sulfonamides is 1. The van der Waals surface area contributed by atoms with Crippen LogP contribution in [0.15, 0.2) is 56.6 Å². The van der Waals surface area contributed by atoms with Gasteiger partial charge in [0.15, 0.2) is 5.58 Å². The van der Waals surface area contributed by atoms with Gasteiger partial charge in [-0.2, -0.15) is 4.31 Å². The van der Waals surface area contributed by atoms with Gasteiger partial charge in [-0.3, -0.25) is 4.98 Å². The summed E-state index contributed by atoms with van der Waals surface area (Å²) in [6.45, 7) is 0.593. The molecule has 2 heterocycles. The lowest BCUT2D eigenvalue weighted by atomic mass is 10.2. The molecule has 4 rings (SSSR count). The Bertz CT molecular complexity index is 1030. The molecule has 0 fully saturated rings. The fourth-order valence-electron chi connectivity index (χ4n) is 2.73. The van der Waals surface area contributed by atoms with Crippen LogP contribution < -0.4 is 5.76 Å². The summed E-state index contributed by atoms with van der Waals surface area (Å²) >= 11 is 0. The van der Waals surface area contributed by atoms with Crippen LogP contribution in [0.4, 0.5) is 0 Å². The van der Waals surface area contributed by atoms with E-state index in [1.807, 2.05) is 12.1 Å². The number of hydrogen-bond acceptors (Lipinski definition) is 4. The number of hydrogen-bond donors (Lipinski definition) is 1. The lowest BCUT2D eigenvalue weighted by molar-refractivity contribution is 0.419. The molecule has 112 valence electrons. The average molecular weight is 316 g/mol. The van der Waals surface area contributed by atoms with Crippen LogP contribution in [-0.2, 0) is 23.1 Å². The lowest BCUT2D eigenvalue weighted by Crippen LogP contribution is -2.23. The van der Waals surface area contributed by atoms with E-state index in [9.17, 15) is 13.2 Å². The van der Waals surface area contributed by atoms with Crippen LogP contribution >= 0.6 is 0 Å². The summed E-state index contributed by atoms with van der Waals surface area (Å²) in [7, 11) is -3.46. The average Bonchev–Trinajstić information content (AvgIpc) is 2.97. The molecule has 3 aromatic rings. The van der Waals surface area contributed by atoms with Crippen LogP contribution in [0.1, 0.15) is 11.1 Å². The second kappa shape index (κ2) is 4.56. The van der Waals surface area contributed by atoms with Crippen molar-refractivity contribution < 1.29 is 12.8 Å². The van der Waals surface area contributed by atoms with Crippen LogP contribution in [0.5, 0.6) is 0 Å². The molecule has 0 unspecified atom stereocenters. The van der Waals surface area contributed by atoms with E-state index in [1.165, 1.54) is 4.31 Å². The Hall–Kier alpha value is -2.38. The van der Waals surface area contributed by atoms with E-state index >= 15 is 0 Å². The van der Waals surface area contributed by atoms with E-state index in [1.54, 1.807) is 30.3 Å². The third kappa shape index (κ3) is 1.98. The summed E-state index contributed by atoms with van der Waals surface area (Å²) in [4.78, 5) is 14.1. The molecule has 1 aromatic heterocycles. The minimum Gasteiger partial charge on any atom is -0.408 e. The number of nitrogens with one attached hydrogen (secondary N) is 1. The van der Waals surface area contributed by atoms with Crippen molar-refractivity contribution in [3.05, 3.63) is 64.1 Å². The Labute approximate surface area is 126 Å². The van der Waals surface area contributed by atoms with Gasteiger partial charge in [-0.25, -0.2) is 13.2 Å². The van der Waals surface area contributed by atoms with Crippen LogP contribution in [0.2, 0.25) is 0 Å². The van der Waals surface area contributed by atoms with E-state index in [2.05, 4.69) is 4.98 Å². The molecule has 0 atom stereocenters. The zero-order valence-corrected chi connectivity index (χ0v) is 12.3. The van der Waals surface area contributed by atoms with Gasteiger partial charge in [0, 0.05) is 13.1 Å². The van der Waals surface area contributed by atoms with Gasteiger partial charge in [0.25, 0.3) is 0 Å². The first kappa shape index (κ1) is 13.3. The van der Waals surface area contributed by atoms with Gasteiger partial charge in [0.05, 0.1) is 10.4 Å². The van der Waals surface area contributed by atoms with Gasteiger partial charge in [-0.15, -0.1) is 0 Å². The third-order valence-corrected chi connectivity index (χ3v) is 5.67. The first-order valence-corrected chi connectivity index (χ1v) is 8.18. The van der Waals surface area contributed by atoms with Crippen molar-refractivity contribution in [3.8, 4) is 0 Å². The molecule has 1 aliphatic heterocycles. The topological polar surface area (TPSA) is 83.4 Å². The van der Waals surface area contributed by atoms with Crippen LogP contribution in [0.25, 0.3) is 11.1 Å². The Morgan fingerprint density at radius 1 is 1.18 bits per heavy atom. The third-order valence-electron chi connectivity index (χ3n) is 3.78. The predicted molar refractivity (Wildman–Crippen MR) is 79.7 cm³/mol. The second-order valence-electron chi connectivity index (χ2n) is 5.23. The van der Waals surface area contributed by atoms with Crippen LogP contribution in [-0.4, -0.2) is 17.7 Å². The predicted octanol–water partition coefficient (Wildman–Crippen LogP) is 1.83. The van der Waals surface area contributed by atoms with Gasteiger partial charge < -0.3 is 4.42 Å². The molecule has 22 heavy (non-hydrogen) atoms. The minimum absolute atomic E-state index is 0.238. The van der Waals surface area contributed by atoms with Crippen molar-refractivity contribution in [1.29, 1.82) is 0 Å². The Kier molecular flexibility index (Phi) is 2.75. The van der Waals surface area contributed by atoms with Gasteiger partial charge >= 0.3 is 5.76 Å². The SMILES string of the molecule is O=c1[nH]c2ccc(CN3Cc4ccccc4S3(=O)=O)cc2o1. The van der Waals surface area contributed by atoms with Crippen molar-refractivity contribution in [3.63, 3.8) is 0 Å². The molecule has 0 amide bonds. The van der Waals surface area contributed by atoms with E-state index in [0.29, 0.717) is 22.5 Å². The van der Waals surface area contributed by atoms with Gasteiger partial charge in [-0.05, 0) is 29.3 Å². The Morgan fingerprint density at radius 3 is 2.82 bits per heavy atom. The van der Waals surface area contributed by atoms with Gasteiger partial charge in [-0.1, -0.05) is 24.3 Å². The highest BCUT2D eigenvalue weighted by Gasteiger charge is 2.34. The number of H-pyrrole nitrogens is 1. The molecule has 0 aliphatic carbocycles. The maximum absolute atomic E-state index is 12.5. The first-order valence-electron chi connectivity index (χ1n) is 6.74. The van der Waals surface area contributed by atoms with E-state index < -0.39 is 15.8 Å². The summed E-state index contributed by atoms with van der Waals surface area (Å²) in [6, 6.07) is 12.2. The number of benzene rings is 2. The van der Waals surface area contributed by atoms with Gasteiger partial charge in [0.1, 0.15) is 0 Å². The molecule has 0 saturated carbocycles. The van der Waals surface area contributed by atoms with Crippen LogP contribution in [0, 0.1) is 0 Å². The van der Waals surface area contributed by atoms with Crippen molar-refractivity contribution in [2.24, 2.45) is 0 Å². The van der Waals surface area contributed by atoms with E-state index in [-0.39, 0.29) is 6.54 Å². The molecule has 0 radical (unpaired) electrons. The van der Waals surface area contributed by atoms with Crippen LogP contribution in [0.3, 0.4) is 0 Å². The largest absolute Gasteiger partial charge is 0.417 e. The summed E-state index contributed by atoms with van der Waals surface area (Å²) < 4.78 is 31.4. The highest BCUT2D eigenvalue weighted by atomic mass is 32.2. The normalized spacial score (nSPS) is 16.9. The quantitative estimate of drug-likeness (QED) is 0.782. The van der Waals surface area contributed by atoms with Crippen molar-refractivity contribution >= 4 is 21.1 Å². The molecule has 0 spiro atoms. The summed E-state index contributed by atoms with van der Waals surface area (Å²) in [5.74, 6) is -0.520. The van der Waals surface area contributed by atoms with Crippen molar-refractivity contribution in [2.45, 2.75) is 18.0 Å². The number of aromatic amines is 1.